The molecule has 30 heavy (non-hydrogen) atoms. The molecule has 152 valence electrons. The molecule has 0 aliphatic carbocycles. The van der Waals surface area contributed by atoms with Crippen LogP contribution in [0.5, 0.6) is 0 Å². The van der Waals surface area contributed by atoms with E-state index < -0.39 is 0 Å². The number of benzene rings is 3. The van der Waals surface area contributed by atoms with Gasteiger partial charge in [-0.15, -0.1) is 0 Å². The minimum atomic E-state index is -0.235. The molecule has 1 aliphatic rings. The van der Waals surface area contributed by atoms with Crippen LogP contribution >= 0.6 is 0 Å². The van der Waals surface area contributed by atoms with E-state index in [1.54, 1.807) is 24.3 Å². The summed E-state index contributed by atoms with van der Waals surface area (Å²) < 4.78 is 0. The third-order valence-corrected chi connectivity index (χ3v) is 5.37. The van der Waals surface area contributed by atoms with Crippen molar-refractivity contribution in [3.05, 3.63) is 89.5 Å². The van der Waals surface area contributed by atoms with Crippen molar-refractivity contribution in [3.8, 4) is 0 Å². The van der Waals surface area contributed by atoms with E-state index in [0.717, 1.165) is 24.2 Å². The van der Waals surface area contributed by atoms with Crippen molar-refractivity contribution in [1.29, 1.82) is 0 Å². The Bertz CT molecular complexity index is 1070. The van der Waals surface area contributed by atoms with Gasteiger partial charge < -0.3 is 15.1 Å². The van der Waals surface area contributed by atoms with Crippen LogP contribution in [0, 0.1) is 0 Å². The average Bonchev–Trinajstić information content (AvgIpc) is 2.78. The second kappa shape index (κ2) is 8.41. The summed E-state index contributed by atoms with van der Waals surface area (Å²) in [5, 5.41) is 2.90. The third-order valence-electron chi connectivity index (χ3n) is 5.37. The molecule has 0 bridgehead atoms. The van der Waals surface area contributed by atoms with Crippen molar-refractivity contribution in [3.63, 3.8) is 0 Å². The van der Waals surface area contributed by atoms with Crippen LogP contribution in [0.4, 0.5) is 17.1 Å². The van der Waals surface area contributed by atoms with Crippen molar-refractivity contribution in [2.45, 2.75) is 12.8 Å². The summed E-state index contributed by atoms with van der Waals surface area (Å²) >= 11 is 0. The van der Waals surface area contributed by atoms with Gasteiger partial charge in [0.25, 0.3) is 11.8 Å². The largest absolute Gasteiger partial charge is 0.378 e. The SMILES string of the molecule is CN(C)c1ccc(NC(=O)c2cccc(C(=O)N3CCCc4ccccc43)c2)cc1. The molecule has 0 saturated carbocycles. The van der Waals surface area contributed by atoms with E-state index in [-0.39, 0.29) is 11.8 Å². The number of anilines is 3. The Morgan fingerprint density at radius 1 is 0.900 bits per heavy atom. The molecular weight excluding hydrogens is 374 g/mol. The van der Waals surface area contributed by atoms with Gasteiger partial charge in [-0.05, 0) is 66.9 Å². The van der Waals surface area contributed by atoms with Crippen LogP contribution in [0.25, 0.3) is 0 Å². The topological polar surface area (TPSA) is 52.7 Å². The molecule has 5 heteroatoms. The Morgan fingerprint density at radius 2 is 1.63 bits per heavy atom. The predicted molar refractivity (Wildman–Crippen MR) is 122 cm³/mol. The fourth-order valence-electron chi connectivity index (χ4n) is 3.74. The summed E-state index contributed by atoms with van der Waals surface area (Å²) in [4.78, 5) is 29.7. The highest BCUT2D eigenvalue weighted by Gasteiger charge is 2.23. The number of hydrogen-bond donors (Lipinski definition) is 1. The summed E-state index contributed by atoms with van der Waals surface area (Å²) in [6.45, 7) is 0.685. The lowest BCUT2D eigenvalue weighted by molar-refractivity contribution is 0.0985. The first kappa shape index (κ1) is 19.7. The van der Waals surface area contributed by atoms with Gasteiger partial charge in [0.1, 0.15) is 0 Å². The van der Waals surface area contributed by atoms with E-state index >= 15 is 0 Å². The van der Waals surface area contributed by atoms with Crippen LogP contribution in [-0.4, -0.2) is 32.5 Å². The zero-order valence-corrected chi connectivity index (χ0v) is 17.3. The Morgan fingerprint density at radius 3 is 2.40 bits per heavy atom. The van der Waals surface area contributed by atoms with Gasteiger partial charge in [0.2, 0.25) is 0 Å². The lowest BCUT2D eigenvalue weighted by Gasteiger charge is -2.29. The maximum absolute atomic E-state index is 13.2. The van der Waals surface area contributed by atoms with E-state index in [4.69, 9.17) is 0 Å². The first-order valence-corrected chi connectivity index (χ1v) is 10.1. The van der Waals surface area contributed by atoms with Gasteiger partial charge in [-0.3, -0.25) is 9.59 Å². The molecule has 0 unspecified atom stereocenters. The van der Waals surface area contributed by atoms with Crippen molar-refractivity contribution < 1.29 is 9.59 Å². The number of nitrogens with one attached hydrogen (secondary N) is 1. The third kappa shape index (κ3) is 4.06. The normalized spacial score (nSPS) is 12.8. The van der Waals surface area contributed by atoms with E-state index in [1.165, 1.54) is 5.56 Å². The number of fused-ring (bicyclic) bond motifs is 1. The molecule has 4 rings (SSSR count). The Balaban J connectivity index is 1.52. The number of hydrogen-bond acceptors (Lipinski definition) is 3. The second-order valence-corrected chi connectivity index (χ2v) is 7.67. The molecule has 1 heterocycles. The Kier molecular flexibility index (Phi) is 5.53. The maximum Gasteiger partial charge on any atom is 0.258 e. The fourth-order valence-corrected chi connectivity index (χ4v) is 3.74. The monoisotopic (exact) mass is 399 g/mol. The molecule has 0 spiro atoms. The van der Waals surface area contributed by atoms with Crippen LogP contribution < -0.4 is 15.1 Å². The van der Waals surface area contributed by atoms with Crippen LogP contribution in [0.15, 0.2) is 72.8 Å². The van der Waals surface area contributed by atoms with Crippen LogP contribution in [-0.2, 0) is 6.42 Å². The molecule has 0 atom stereocenters. The second-order valence-electron chi connectivity index (χ2n) is 7.67. The van der Waals surface area contributed by atoms with Gasteiger partial charge in [0, 0.05) is 48.8 Å². The van der Waals surface area contributed by atoms with Gasteiger partial charge in [-0.1, -0.05) is 24.3 Å². The van der Waals surface area contributed by atoms with Gasteiger partial charge >= 0.3 is 0 Å². The molecule has 1 N–H and O–H groups in total. The lowest BCUT2D eigenvalue weighted by atomic mass is 10.0. The van der Waals surface area contributed by atoms with Gasteiger partial charge in [0.05, 0.1) is 0 Å². The molecule has 0 aromatic heterocycles. The zero-order valence-electron chi connectivity index (χ0n) is 17.3. The van der Waals surface area contributed by atoms with Crippen molar-refractivity contribution in [2.75, 3.05) is 35.8 Å². The first-order chi connectivity index (χ1) is 14.5. The number of para-hydroxylation sites is 1. The average molecular weight is 399 g/mol. The van der Waals surface area contributed by atoms with Crippen molar-refractivity contribution >= 4 is 28.9 Å². The number of carbonyl (C=O) groups is 2. The number of aryl methyl sites for hydroxylation is 1. The van der Waals surface area contributed by atoms with E-state index in [0.29, 0.717) is 23.4 Å². The number of nitrogens with zero attached hydrogens (tertiary/aromatic N) is 2. The lowest BCUT2D eigenvalue weighted by Crippen LogP contribution is -2.35. The minimum Gasteiger partial charge on any atom is -0.378 e. The summed E-state index contributed by atoms with van der Waals surface area (Å²) in [6, 6.07) is 22.6. The smallest absolute Gasteiger partial charge is 0.258 e. The molecular formula is C25H25N3O2. The van der Waals surface area contributed by atoms with Gasteiger partial charge in [-0.2, -0.15) is 0 Å². The molecule has 5 nitrogen and oxygen atoms in total. The zero-order chi connectivity index (χ0) is 21.1. The fraction of sp³-hybridized carbons (Fsp3) is 0.200. The summed E-state index contributed by atoms with van der Waals surface area (Å²) in [5.74, 6) is -0.312. The summed E-state index contributed by atoms with van der Waals surface area (Å²) in [5.41, 5.74) is 4.90. The molecule has 2 amide bonds. The van der Waals surface area contributed by atoms with Crippen molar-refractivity contribution in [1.82, 2.24) is 0 Å². The molecule has 3 aromatic carbocycles. The number of rotatable bonds is 4. The van der Waals surface area contributed by atoms with E-state index in [9.17, 15) is 9.59 Å². The molecule has 0 fully saturated rings. The van der Waals surface area contributed by atoms with Crippen molar-refractivity contribution in [2.24, 2.45) is 0 Å². The Labute approximate surface area is 176 Å². The maximum atomic E-state index is 13.2. The highest BCUT2D eigenvalue weighted by Crippen LogP contribution is 2.28. The number of carbonyl (C=O) groups excluding carboxylic acids is 2. The standard InChI is InChI=1S/C25H25N3O2/c1-27(2)22-14-12-21(13-15-22)26-24(29)19-8-5-9-20(17-19)25(30)28-16-6-10-18-7-3-4-11-23(18)28/h3-5,7-9,11-15,17H,6,10,16H2,1-2H3,(H,26,29). The minimum absolute atomic E-state index is 0.0767. The molecule has 0 radical (unpaired) electrons. The molecule has 3 aromatic rings. The van der Waals surface area contributed by atoms with Crippen LogP contribution in [0.2, 0.25) is 0 Å². The summed E-state index contributed by atoms with van der Waals surface area (Å²) in [7, 11) is 3.94. The van der Waals surface area contributed by atoms with Crippen LogP contribution in [0.3, 0.4) is 0 Å². The predicted octanol–water partition coefficient (Wildman–Crippen LogP) is 4.60. The summed E-state index contributed by atoms with van der Waals surface area (Å²) in [6.07, 6.45) is 1.92. The molecule has 0 saturated heterocycles. The quantitative estimate of drug-likeness (QED) is 0.698. The highest BCUT2D eigenvalue weighted by molar-refractivity contribution is 6.10. The Hall–Kier alpha value is -3.60. The van der Waals surface area contributed by atoms with E-state index in [2.05, 4.69) is 11.4 Å². The number of amides is 2. The highest BCUT2D eigenvalue weighted by atomic mass is 16.2. The van der Waals surface area contributed by atoms with Crippen LogP contribution in [0.1, 0.15) is 32.7 Å². The van der Waals surface area contributed by atoms with Gasteiger partial charge in [-0.25, -0.2) is 0 Å². The van der Waals surface area contributed by atoms with Gasteiger partial charge in [0.15, 0.2) is 0 Å². The first-order valence-electron chi connectivity index (χ1n) is 10.1. The molecule has 1 aliphatic heterocycles. The van der Waals surface area contributed by atoms with E-state index in [1.807, 2.05) is 66.4 Å².